The first-order valence-electron chi connectivity index (χ1n) is 7.51. The molecule has 0 spiro atoms. The van der Waals surface area contributed by atoms with Gasteiger partial charge in [0.25, 0.3) is 11.6 Å². The van der Waals surface area contributed by atoms with Crippen LogP contribution in [0.5, 0.6) is 6.01 Å². The lowest BCUT2D eigenvalue weighted by atomic mass is 10.1. The number of aliphatic hydroxyl groups is 1. The monoisotopic (exact) mass is 328 g/mol. The third-order valence-electron chi connectivity index (χ3n) is 3.62. The molecule has 7 heteroatoms. The quantitative estimate of drug-likeness (QED) is 0.736. The summed E-state index contributed by atoms with van der Waals surface area (Å²) in [6, 6.07) is 10.1. The number of aromatic amines is 1. The summed E-state index contributed by atoms with van der Waals surface area (Å²) >= 11 is 0. The highest BCUT2D eigenvalue weighted by atomic mass is 16.5. The highest BCUT2D eigenvalue weighted by molar-refractivity contribution is 5.75. The summed E-state index contributed by atoms with van der Waals surface area (Å²) in [4.78, 5) is 30.2. The molecule has 0 bridgehead atoms. The second-order valence-electron chi connectivity index (χ2n) is 5.23. The molecule has 3 aromatic rings. The fourth-order valence-corrected chi connectivity index (χ4v) is 2.41. The lowest BCUT2D eigenvalue weighted by Crippen LogP contribution is -2.17. The summed E-state index contributed by atoms with van der Waals surface area (Å²) in [7, 11) is 0. The van der Waals surface area contributed by atoms with Crippen LogP contribution in [0.4, 0.5) is 0 Å². The van der Waals surface area contributed by atoms with Crippen molar-refractivity contribution in [1.82, 2.24) is 9.97 Å². The number of benzene rings is 1. The summed E-state index contributed by atoms with van der Waals surface area (Å²) in [6.45, 7) is 1.73. The number of rotatable bonds is 5. The van der Waals surface area contributed by atoms with Crippen LogP contribution < -0.4 is 15.9 Å². The van der Waals surface area contributed by atoms with Gasteiger partial charge in [-0.2, -0.15) is 4.98 Å². The van der Waals surface area contributed by atoms with Crippen LogP contribution in [0.25, 0.3) is 11.1 Å². The molecular formula is C17H16N2O5. The van der Waals surface area contributed by atoms with Gasteiger partial charge in [0.15, 0.2) is 0 Å². The van der Waals surface area contributed by atoms with Crippen molar-refractivity contribution in [2.75, 3.05) is 6.61 Å². The van der Waals surface area contributed by atoms with E-state index in [1.54, 1.807) is 24.3 Å². The molecule has 2 N–H and O–H groups in total. The maximum absolute atomic E-state index is 12.2. The van der Waals surface area contributed by atoms with Crippen molar-refractivity contribution in [3.8, 4) is 6.01 Å². The molecule has 0 amide bonds. The summed E-state index contributed by atoms with van der Waals surface area (Å²) in [5, 5.41) is 10.3. The van der Waals surface area contributed by atoms with Crippen LogP contribution >= 0.6 is 0 Å². The number of hydrogen-bond donors (Lipinski definition) is 2. The molecule has 2 aromatic heterocycles. The van der Waals surface area contributed by atoms with Crippen LogP contribution in [0, 0.1) is 0 Å². The minimum Gasteiger partial charge on any atom is -0.462 e. The number of H-pyrrole nitrogens is 1. The average molecular weight is 328 g/mol. The van der Waals surface area contributed by atoms with E-state index in [0.717, 1.165) is 0 Å². The Morgan fingerprint density at radius 1 is 1.29 bits per heavy atom. The molecule has 0 unspecified atom stereocenters. The maximum Gasteiger partial charge on any atom is 0.337 e. The summed E-state index contributed by atoms with van der Waals surface area (Å²) in [5.41, 5.74) is 0.135. The van der Waals surface area contributed by atoms with Crippen molar-refractivity contribution in [3.05, 3.63) is 68.3 Å². The standard InChI is InChI=1S/C17H16N2O5/c1-2-10-8-13(21)24-16-14(10)15(22)18-17(19-16)23-9-12(20)11-6-4-3-5-7-11/h3-8,12,20H,2,9H2,1H3,(H,18,19,22)/t12-/m0/s1. The Bertz CT molecular complexity index is 962. The highest BCUT2D eigenvalue weighted by Gasteiger charge is 2.14. The van der Waals surface area contributed by atoms with Gasteiger partial charge in [-0.15, -0.1) is 0 Å². The Kier molecular flexibility index (Phi) is 4.43. The third-order valence-corrected chi connectivity index (χ3v) is 3.62. The van der Waals surface area contributed by atoms with Crippen molar-refractivity contribution in [2.45, 2.75) is 19.4 Å². The van der Waals surface area contributed by atoms with Crippen LogP contribution in [0.1, 0.15) is 24.2 Å². The van der Waals surface area contributed by atoms with Crippen molar-refractivity contribution in [2.24, 2.45) is 0 Å². The fourth-order valence-electron chi connectivity index (χ4n) is 2.41. The second kappa shape index (κ2) is 6.67. The molecule has 0 radical (unpaired) electrons. The van der Waals surface area contributed by atoms with Gasteiger partial charge in [0, 0.05) is 6.07 Å². The Labute approximate surface area is 136 Å². The maximum atomic E-state index is 12.2. The third kappa shape index (κ3) is 3.21. The van der Waals surface area contributed by atoms with E-state index >= 15 is 0 Å². The van der Waals surface area contributed by atoms with Gasteiger partial charge in [-0.05, 0) is 17.5 Å². The Hall–Kier alpha value is -2.93. The Morgan fingerprint density at radius 3 is 2.75 bits per heavy atom. The zero-order valence-corrected chi connectivity index (χ0v) is 13.0. The van der Waals surface area contributed by atoms with Gasteiger partial charge < -0.3 is 14.3 Å². The number of aromatic nitrogens is 2. The number of nitrogens with one attached hydrogen (secondary N) is 1. The molecule has 0 fully saturated rings. The molecule has 2 heterocycles. The Morgan fingerprint density at radius 2 is 2.04 bits per heavy atom. The van der Waals surface area contributed by atoms with Crippen LogP contribution in [0.15, 0.2) is 50.4 Å². The summed E-state index contributed by atoms with van der Waals surface area (Å²) in [6.07, 6.45) is -0.374. The van der Waals surface area contributed by atoms with Crippen molar-refractivity contribution >= 4 is 11.1 Å². The molecule has 3 rings (SSSR count). The van der Waals surface area contributed by atoms with E-state index in [-0.39, 0.29) is 23.7 Å². The van der Waals surface area contributed by atoms with Gasteiger partial charge in [-0.1, -0.05) is 37.3 Å². The first-order valence-corrected chi connectivity index (χ1v) is 7.51. The predicted octanol–water partition coefficient (Wildman–Crippen LogP) is 1.55. The molecule has 24 heavy (non-hydrogen) atoms. The van der Waals surface area contributed by atoms with Crippen molar-refractivity contribution < 1.29 is 14.3 Å². The molecular weight excluding hydrogens is 312 g/mol. The van der Waals surface area contributed by atoms with Crippen LogP contribution in [0.2, 0.25) is 0 Å². The first-order chi connectivity index (χ1) is 11.6. The van der Waals surface area contributed by atoms with E-state index in [9.17, 15) is 14.7 Å². The number of nitrogens with zero attached hydrogens (tertiary/aromatic N) is 1. The van der Waals surface area contributed by atoms with Crippen molar-refractivity contribution in [3.63, 3.8) is 0 Å². The SMILES string of the molecule is CCc1cc(=O)oc2nc(OC[C@H](O)c3ccccc3)[nH]c(=O)c12. The van der Waals surface area contributed by atoms with Gasteiger partial charge in [0.05, 0.1) is 0 Å². The van der Waals surface area contributed by atoms with E-state index in [4.69, 9.17) is 9.15 Å². The number of fused-ring (bicyclic) bond motifs is 1. The average Bonchev–Trinajstić information content (AvgIpc) is 2.59. The van der Waals surface area contributed by atoms with E-state index in [1.807, 2.05) is 13.0 Å². The second-order valence-corrected chi connectivity index (χ2v) is 5.23. The van der Waals surface area contributed by atoms with Gasteiger partial charge in [0.2, 0.25) is 5.71 Å². The molecule has 0 aliphatic heterocycles. The molecule has 0 aliphatic rings. The minimum atomic E-state index is -0.874. The van der Waals surface area contributed by atoms with Gasteiger partial charge in [0.1, 0.15) is 18.1 Å². The van der Waals surface area contributed by atoms with Crippen LogP contribution in [-0.2, 0) is 6.42 Å². The zero-order valence-electron chi connectivity index (χ0n) is 13.0. The summed E-state index contributed by atoms with van der Waals surface area (Å²) < 4.78 is 10.3. The van der Waals surface area contributed by atoms with Gasteiger partial charge in [-0.3, -0.25) is 9.78 Å². The minimum absolute atomic E-state index is 0.0766. The lowest BCUT2D eigenvalue weighted by Gasteiger charge is -2.12. The predicted molar refractivity (Wildman–Crippen MR) is 87.2 cm³/mol. The molecule has 1 aromatic carbocycles. The fraction of sp³-hybridized carbons (Fsp3) is 0.235. The zero-order chi connectivity index (χ0) is 17.1. The van der Waals surface area contributed by atoms with E-state index in [1.165, 1.54) is 6.07 Å². The van der Waals surface area contributed by atoms with E-state index < -0.39 is 17.3 Å². The first kappa shape index (κ1) is 15.9. The Balaban J connectivity index is 1.88. The van der Waals surface area contributed by atoms with Crippen molar-refractivity contribution in [1.29, 1.82) is 0 Å². The van der Waals surface area contributed by atoms with Crippen LogP contribution in [0.3, 0.4) is 0 Å². The topological polar surface area (TPSA) is 105 Å². The molecule has 0 saturated heterocycles. The van der Waals surface area contributed by atoms with E-state index in [2.05, 4.69) is 9.97 Å². The number of hydrogen-bond acceptors (Lipinski definition) is 6. The molecule has 124 valence electrons. The van der Waals surface area contributed by atoms with Gasteiger partial charge in [-0.25, -0.2) is 4.79 Å². The summed E-state index contributed by atoms with van der Waals surface area (Å²) in [5.74, 6) is 0. The van der Waals surface area contributed by atoms with E-state index in [0.29, 0.717) is 17.5 Å². The molecule has 7 nitrogen and oxygen atoms in total. The molecule has 0 saturated carbocycles. The number of aliphatic hydroxyl groups excluding tert-OH is 1. The smallest absolute Gasteiger partial charge is 0.337 e. The normalized spacial score (nSPS) is 12.2. The lowest BCUT2D eigenvalue weighted by molar-refractivity contribution is 0.102. The molecule has 1 atom stereocenters. The van der Waals surface area contributed by atoms with Crippen LogP contribution in [-0.4, -0.2) is 21.7 Å². The number of ether oxygens (including phenoxy) is 1. The molecule has 0 aliphatic carbocycles. The highest BCUT2D eigenvalue weighted by Crippen LogP contribution is 2.16. The van der Waals surface area contributed by atoms with Gasteiger partial charge >= 0.3 is 5.63 Å². The number of aryl methyl sites for hydroxylation is 1. The largest absolute Gasteiger partial charge is 0.462 e.